The van der Waals surface area contributed by atoms with E-state index in [4.69, 9.17) is 4.74 Å². The van der Waals surface area contributed by atoms with Gasteiger partial charge in [0.2, 0.25) is 10.0 Å². The fraction of sp³-hybridized carbons (Fsp3) is 0.312. The number of morpholine rings is 1. The summed E-state index contributed by atoms with van der Waals surface area (Å²) in [5, 5.41) is 0. The number of hydrogen-bond donors (Lipinski definition) is 0. The van der Waals surface area contributed by atoms with Crippen molar-refractivity contribution in [2.24, 2.45) is 0 Å². The number of halogens is 1. The molecule has 0 amide bonds. The molecule has 0 radical (unpaired) electrons. The first-order chi connectivity index (χ1) is 11.1. The third kappa shape index (κ3) is 3.74. The molecule has 1 aliphatic heterocycles. The van der Waals surface area contributed by atoms with Crippen LogP contribution in [-0.2, 0) is 21.2 Å². The normalized spacial score (nSPS) is 19.6. The van der Waals surface area contributed by atoms with Crippen molar-refractivity contribution in [3.63, 3.8) is 0 Å². The molecule has 0 bridgehead atoms. The van der Waals surface area contributed by atoms with Crippen LogP contribution in [0.5, 0.6) is 0 Å². The molecule has 7 heteroatoms. The van der Waals surface area contributed by atoms with Crippen LogP contribution in [0.2, 0.25) is 0 Å². The molecule has 5 nitrogen and oxygen atoms in total. The van der Waals surface area contributed by atoms with Crippen molar-refractivity contribution in [3.05, 3.63) is 60.2 Å². The number of hydrogen-bond acceptors (Lipinski definition) is 4. The van der Waals surface area contributed by atoms with E-state index in [1.54, 1.807) is 18.2 Å². The monoisotopic (exact) mass is 336 g/mol. The van der Waals surface area contributed by atoms with Crippen LogP contribution in [0, 0.1) is 5.82 Å². The first-order valence-electron chi connectivity index (χ1n) is 7.32. The Kier molecular flexibility index (Phi) is 4.70. The van der Waals surface area contributed by atoms with Crippen molar-refractivity contribution >= 4 is 10.0 Å². The second-order valence-corrected chi connectivity index (χ2v) is 7.31. The van der Waals surface area contributed by atoms with Gasteiger partial charge in [-0.1, -0.05) is 12.1 Å². The van der Waals surface area contributed by atoms with E-state index in [0.717, 1.165) is 5.56 Å². The maximum absolute atomic E-state index is 12.9. The minimum absolute atomic E-state index is 0.183. The summed E-state index contributed by atoms with van der Waals surface area (Å²) in [6.45, 7) is 0.928. The van der Waals surface area contributed by atoms with Crippen molar-refractivity contribution < 1.29 is 17.5 Å². The Morgan fingerprint density at radius 1 is 1.26 bits per heavy atom. The fourth-order valence-corrected chi connectivity index (χ4v) is 3.99. The first kappa shape index (κ1) is 16.0. The fourth-order valence-electron chi connectivity index (χ4n) is 2.57. The molecule has 1 aliphatic rings. The number of aromatic nitrogens is 1. The van der Waals surface area contributed by atoms with Gasteiger partial charge in [-0.2, -0.15) is 4.31 Å². The Balaban J connectivity index is 1.72. The Morgan fingerprint density at radius 3 is 2.74 bits per heavy atom. The zero-order chi connectivity index (χ0) is 16.3. The van der Waals surface area contributed by atoms with Gasteiger partial charge < -0.3 is 4.74 Å². The summed E-state index contributed by atoms with van der Waals surface area (Å²) < 4.78 is 45.2. The molecule has 122 valence electrons. The molecule has 2 heterocycles. The molecule has 0 aliphatic carbocycles. The molecule has 0 saturated carbocycles. The summed E-state index contributed by atoms with van der Waals surface area (Å²) in [7, 11) is -3.56. The second-order valence-electron chi connectivity index (χ2n) is 5.38. The molecule has 23 heavy (non-hydrogen) atoms. The van der Waals surface area contributed by atoms with Gasteiger partial charge in [0, 0.05) is 25.5 Å². The quantitative estimate of drug-likeness (QED) is 0.855. The van der Waals surface area contributed by atoms with Crippen molar-refractivity contribution in [2.75, 3.05) is 19.7 Å². The van der Waals surface area contributed by atoms with Crippen molar-refractivity contribution in [3.8, 4) is 0 Å². The number of sulfonamides is 1. The van der Waals surface area contributed by atoms with Gasteiger partial charge in [0.1, 0.15) is 10.7 Å². The maximum atomic E-state index is 12.9. The van der Waals surface area contributed by atoms with Crippen LogP contribution >= 0.6 is 0 Å². The third-order valence-corrected chi connectivity index (χ3v) is 5.60. The summed E-state index contributed by atoms with van der Waals surface area (Å²) in [4.78, 5) is 4.05. The number of nitrogens with zero attached hydrogens (tertiary/aromatic N) is 2. The zero-order valence-corrected chi connectivity index (χ0v) is 13.2. The van der Waals surface area contributed by atoms with E-state index in [-0.39, 0.29) is 23.4 Å². The molecule has 0 spiro atoms. The Hall–Kier alpha value is -1.83. The number of ether oxygens (including phenoxy) is 1. The van der Waals surface area contributed by atoms with Gasteiger partial charge in [-0.25, -0.2) is 12.8 Å². The molecular formula is C16H17FN2O3S. The van der Waals surface area contributed by atoms with Crippen LogP contribution in [0.4, 0.5) is 4.39 Å². The lowest BCUT2D eigenvalue weighted by molar-refractivity contribution is -0.000508. The predicted molar refractivity (Wildman–Crippen MR) is 82.8 cm³/mol. The molecule has 3 rings (SSSR count). The highest BCUT2D eigenvalue weighted by Gasteiger charge is 2.30. The lowest BCUT2D eigenvalue weighted by Gasteiger charge is -2.32. The van der Waals surface area contributed by atoms with E-state index in [2.05, 4.69) is 4.98 Å². The van der Waals surface area contributed by atoms with Crippen molar-refractivity contribution in [2.45, 2.75) is 17.4 Å². The van der Waals surface area contributed by atoms with E-state index in [1.165, 1.54) is 34.9 Å². The summed E-state index contributed by atoms with van der Waals surface area (Å²) in [6, 6.07) is 9.29. The summed E-state index contributed by atoms with van der Waals surface area (Å²) in [5.41, 5.74) is 0.914. The van der Waals surface area contributed by atoms with Crippen LogP contribution in [-0.4, -0.2) is 43.5 Å². The van der Waals surface area contributed by atoms with Crippen molar-refractivity contribution in [1.29, 1.82) is 0 Å². The van der Waals surface area contributed by atoms with Gasteiger partial charge in [-0.15, -0.1) is 0 Å². The molecular weight excluding hydrogens is 319 g/mol. The van der Waals surface area contributed by atoms with Gasteiger partial charge in [0.05, 0.1) is 12.7 Å². The standard InChI is InChI=1S/C16H17FN2O3S/c17-14-5-3-13(4-6-14)10-15-12-19(8-9-22-15)23(20,21)16-2-1-7-18-11-16/h1-7,11,15H,8-10,12H2. The van der Waals surface area contributed by atoms with E-state index in [9.17, 15) is 12.8 Å². The van der Waals surface area contributed by atoms with E-state index in [1.807, 2.05) is 0 Å². The molecule has 1 atom stereocenters. The largest absolute Gasteiger partial charge is 0.375 e. The summed E-state index contributed by atoms with van der Waals surface area (Å²) in [6.07, 6.45) is 3.18. The first-order valence-corrected chi connectivity index (χ1v) is 8.76. The van der Waals surface area contributed by atoms with Gasteiger partial charge in [0.15, 0.2) is 0 Å². The molecule has 1 fully saturated rings. The number of pyridine rings is 1. The predicted octanol–water partition coefficient (Wildman–Crippen LogP) is 1.85. The van der Waals surface area contributed by atoms with Crippen LogP contribution in [0.3, 0.4) is 0 Å². The molecule has 1 saturated heterocycles. The number of benzene rings is 1. The molecule has 2 aromatic rings. The van der Waals surface area contributed by atoms with Crippen molar-refractivity contribution in [1.82, 2.24) is 9.29 Å². The lowest BCUT2D eigenvalue weighted by Crippen LogP contribution is -2.46. The van der Waals surface area contributed by atoms with Crippen LogP contribution in [0.15, 0.2) is 53.7 Å². The Morgan fingerprint density at radius 2 is 2.04 bits per heavy atom. The highest BCUT2D eigenvalue weighted by atomic mass is 32.2. The van der Waals surface area contributed by atoms with E-state index in [0.29, 0.717) is 19.6 Å². The zero-order valence-electron chi connectivity index (χ0n) is 12.4. The minimum atomic E-state index is -3.56. The summed E-state index contributed by atoms with van der Waals surface area (Å²) in [5.74, 6) is -0.293. The minimum Gasteiger partial charge on any atom is -0.375 e. The molecule has 1 aromatic carbocycles. The van der Waals surface area contributed by atoms with Crippen LogP contribution in [0.25, 0.3) is 0 Å². The summed E-state index contributed by atoms with van der Waals surface area (Å²) >= 11 is 0. The van der Waals surface area contributed by atoms with Gasteiger partial charge in [-0.05, 0) is 36.2 Å². The number of rotatable bonds is 4. The molecule has 1 aromatic heterocycles. The van der Waals surface area contributed by atoms with E-state index >= 15 is 0 Å². The Bertz CT molecular complexity index is 751. The maximum Gasteiger partial charge on any atom is 0.244 e. The van der Waals surface area contributed by atoms with Gasteiger partial charge in [-0.3, -0.25) is 4.98 Å². The SMILES string of the molecule is O=S(=O)(c1cccnc1)N1CCOC(Cc2ccc(F)cc2)C1. The third-order valence-electron chi connectivity index (χ3n) is 3.75. The van der Waals surface area contributed by atoms with Crippen LogP contribution < -0.4 is 0 Å². The lowest BCUT2D eigenvalue weighted by atomic mass is 10.1. The van der Waals surface area contributed by atoms with Gasteiger partial charge in [0.25, 0.3) is 0 Å². The van der Waals surface area contributed by atoms with E-state index < -0.39 is 10.0 Å². The molecule has 0 N–H and O–H groups in total. The molecule has 1 unspecified atom stereocenters. The highest BCUT2D eigenvalue weighted by Crippen LogP contribution is 2.19. The highest BCUT2D eigenvalue weighted by molar-refractivity contribution is 7.89. The Labute approximate surface area is 134 Å². The van der Waals surface area contributed by atoms with Gasteiger partial charge >= 0.3 is 0 Å². The topological polar surface area (TPSA) is 59.5 Å². The van der Waals surface area contributed by atoms with Crippen LogP contribution in [0.1, 0.15) is 5.56 Å². The average molecular weight is 336 g/mol. The second kappa shape index (κ2) is 6.74. The average Bonchev–Trinajstić information content (AvgIpc) is 2.58. The smallest absolute Gasteiger partial charge is 0.244 e.